The summed E-state index contributed by atoms with van der Waals surface area (Å²) in [6, 6.07) is 27.5. The number of aliphatic carboxylic acids is 2. The number of methoxy groups -OCH3 is 1. The van der Waals surface area contributed by atoms with E-state index < -0.39 is 83.3 Å². The van der Waals surface area contributed by atoms with Crippen molar-refractivity contribution in [3.05, 3.63) is 193 Å². The Morgan fingerprint density at radius 2 is 0.712 bits per heavy atom. The first kappa shape index (κ1) is 93.1. The van der Waals surface area contributed by atoms with Gasteiger partial charge in [0.2, 0.25) is 17.7 Å². The number of aromatic hydroxyl groups is 3. The van der Waals surface area contributed by atoms with Crippen molar-refractivity contribution in [2.24, 2.45) is 0 Å². The van der Waals surface area contributed by atoms with E-state index in [0.717, 1.165) is 7.11 Å². The number of halogens is 3. The predicted molar refractivity (Wildman–Crippen MR) is 378 cm³/mol. The Morgan fingerprint density at radius 3 is 0.933 bits per heavy atom. The Bertz CT molecular complexity index is 3820. The number of carboxylic acid groups (broad SMARTS) is 2. The van der Waals surface area contributed by atoms with Crippen molar-refractivity contribution < 1.29 is 122 Å². The first-order chi connectivity index (χ1) is 48.0. The molecule has 31 nitrogen and oxygen atoms in total. The third-order valence-electron chi connectivity index (χ3n) is 12.8. The Hall–Kier alpha value is -10.9. The van der Waals surface area contributed by atoms with Gasteiger partial charge in [0, 0.05) is 83.8 Å². The summed E-state index contributed by atoms with van der Waals surface area (Å²) in [5.41, 5.74) is 2.35. The molecule has 0 aliphatic heterocycles. The van der Waals surface area contributed by atoms with Crippen molar-refractivity contribution in [1.29, 1.82) is 0 Å². The molecule has 6 aromatic rings. The maximum absolute atomic E-state index is 12.5. The minimum absolute atomic E-state index is 0. The number of nitrogens with one attached hydrogen (secondary N) is 10. The molecule has 0 saturated carbocycles. The zero-order chi connectivity index (χ0) is 77.0. The van der Waals surface area contributed by atoms with Gasteiger partial charge in [-0.25, -0.2) is 19.2 Å². The molecule has 6 aromatic carbocycles. The number of amides is 10. The molecule has 3 atom stereocenters. The maximum Gasteiger partial charge on any atom is 1.00 e. The molecule has 0 saturated heterocycles. The molecule has 0 fully saturated rings. The van der Waals surface area contributed by atoms with E-state index >= 15 is 0 Å². The summed E-state index contributed by atoms with van der Waals surface area (Å²) in [5, 5.41) is 71.1. The van der Waals surface area contributed by atoms with Crippen LogP contribution in [0.3, 0.4) is 0 Å². The standard InChI is InChI=1S/C21H22ClN3O6.2C20H20ClN3O6.C6H13NO2.C2H6.Li.H2O/c1-12(26)23-11-18(21(30)31-2)25-20(29)16-7-6-14(9-17(16)22)19(28)24-10-13-4-3-5-15(27)8-13;2*1-11(25)22-10-17(20(29)30)24-19(28)15-6-5-13(8-16(15)21)18(27)23-9-12-3-2-4-14(26)7-12;1-6(2,3)9-5(8)7-4;1-2;;/h3-9,18,27H,10-11H2,1-2H3,(H,23,26)(H,24,28)(H,25,29);2*2-8,17,26H,9-10H2,1H3,(H,22,25)(H,23,27)(H,24,28)(H,29,30);1-4H3,(H,7,8);1-2H3;;1H2/q;;;;;+1;/p-1/t18-;2*17-;;;;/m000..../s1. The number of alkyl carbamates (subject to hydrolysis) is 1. The normalized spacial score (nSPS) is 10.8. The summed E-state index contributed by atoms with van der Waals surface area (Å²) >= 11 is 18.4. The molecule has 0 spiro atoms. The van der Waals surface area contributed by atoms with Gasteiger partial charge in [-0.1, -0.05) is 85.0 Å². The number of phenols is 3. The summed E-state index contributed by atoms with van der Waals surface area (Å²) in [6.07, 6.45) is -0.387. The van der Waals surface area contributed by atoms with Gasteiger partial charge in [-0.15, -0.1) is 0 Å². The Kier molecular flexibility index (Phi) is 42.3. The van der Waals surface area contributed by atoms with Gasteiger partial charge in [-0.2, -0.15) is 0 Å². The number of carbonyl (C=O) groups excluding carboxylic acids is 11. The summed E-state index contributed by atoms with van der Waals surface area (Å²) in [4.78, 5) is 152. The van der Waals surface area contributed by atoms with Gasteiger partial charge in [-0.05, 0) is 128 Å². The SMILES string of the molecule is CC.CC(=O)NC[C@H](NC(=O)c1ccc(C(=O)NCc2cccc(O)c2)cc1Cl)C(=O)O.CC(=O)NC[C@H](NC(=O)c1ccc(C(=O)NCc2cccc(O)c2)cc1Cl)C(=O)O.CNC(=O)OC(C)(C)C.COC(=O)[C@H](CNC(C)=O)NC(=O)c1ccc(C(=O)NCc2cccc(O)c2)cc1Cl.[Li+].[OH-]. The quantitative estimate of drug-likeness (QED) is 0.0306. The number of esters is 1. The van der Waals surface area contributed by atoms with Crippen molar-refractivity contribution in [2.45, 2.75) is 98.8 Å². The Morgan fingerprint density at radius 1 is 0.433 bits per heavy atom. The molecular weight excluding hydrogens is 1420 g/mol. The molecule has 35 heteroatoms. The number of hydrogen-bond donors (Lipinski definition) is 15. The molecule has 0 unspecified atom stereocenters. The second kappa shape index (κ2) is 47.3. The summed E-state index contributed by atoms with van der Waals surface area (Å²) < 4.78 is 9.46. The fraction of sp³-hybridized carbons (Fsp3) is 0.290. The van der Waals surface area contributed by atoms with E-state index in [0.29, 0.717) is 16.7 Å². The third kappa shape index (κ3) is 35.1. The van der Waals surface area contributed by atoms with E-state index in [4.69, 9.17) is 39.5 Å². The fourth-order valence-electron chi connectivity index (χ4n) is 7.88. The van der Waals surface area contributed by atoms with Crippen LogP contribution in [0, 0.1) is 0 Å². The van der Waals surface area contributed by atoms with E-state index in [9.17, 15) is 87.9 Å². The number of benzene rings is 6. The van der Waals surface area contributed by atoms with Crippen molar-refractivity contribution in [3.63, 3.8) is 0 Å². The van der Waals surface area contributed by atoms with Crippen LogP contribution in [0.1, 0.15) is 134 Å². The first-order valence-corrected chi connectivity index (χ1v) is 31.8. The second-order valence-corrected chi connectivity index (χ2v) is 23.2. The van der Waals surface area contributed by atoms with Crippen LogP contribution in [0.15, 0.2) is 127 Å². The van der Waals surface area contributed by atoms with Crippen LogP contribution in [-0.2, 0) is 57.9 Å². The summed E-state index contributed by atoms with van der Waals surface area (Å²) in [7, 11) is 2.69. The molecule has 0 radical (unpaired) electrons. The number of rotatable bonds is 24. The largest absolute Gasteiger partial charge is 1.00 e. The molecular formula is C69H82Cl3LiN10O21. The average Bonchev–Trinajstić information content (AvgIpc) is 0.844. The number of carboxylic acids is 2. The Balaban J connectivity index is 0.00000141. The Labute approximate surface area is 625 Å². The summed E-state index contributed by atoms with van der Waals surface area (Å²) in [5.74, 6) is -7.87. The van der Waals surface area contributed by atoms with Crippen LogP contribution in [0.25, 0.3) is 0 Å². The molecule has 556 valence electrons. The van der Waals surface area contributed by atoms with Crippen LogP contribution in [0.5, 0.6) is 17.2 Å². The van der Waals surface area contributed by atoms with Crippen LogP contribution >= 0.6 is 34.8 Å². The van der Waals surface area contributed by atoms with Gasteiger partial charge >= 0.3 is 42.9 Å². The van der Waals surface area contributed by atoms with Crippen molar-refractivity contribution >= 4 is 112 Å². The second-order valence-electron chi connectivity index (χ2n) is 22.0. The summed E-state index contributed by atoms with van der Waals surface area (Å²) in [6.45, 7) is 13.0. The van der Waals surface area contributed by atoms with Crippen molar-refractivity contribution in [2.75, 3.05) is 33.8 Å². The van der Waals surface area contributed by atoms with E-state index in [-0.39, 0.29) is 147 Å². The van der Waals surface area contributed by atoms with Gasteiger partial charge in [0.05, 0.1) is 38.9 Å². The minimum atomic E-state index is -1.34. The van der Waals surface area contributed by atoms with Crippen LogP contribution in [0.4, 0.5) is 4.79 Å². The molecule has 0 aliphatic carbocycles. The number of ether oxygens (including phenoxy) is 2. The van der Waals surface area contributed by atoms with Crippen LogP contribution < -0.4 is 72.0 Å². The van der Waals surface area contributed by atoms with E-state index in [1.54, 1.807) is 36.4 Å². The fourth-order valence-corrected chi connectivity index (χ4v) is 8.68. The first-order valence-electron chi connectivity index (χ1n) is 30.7. The van der Waals surface area contributed by atoms with Gasteiger partial charge in [0.1, 0.15) is 41.0 Å². The average molecular weight is 1500 g/mol. The van der Waals surface area contributed by atoms with Gasteiger partial charge in [-0.3, -0.25) is 43.2 Å². The van der Waals surface area contributed by atoms with Crippen LogP contribution in [0.2, 0.25) is 15.1 Å². The van der Waals surface area contributed by atoms with Gasteiger partial charge in [0.15, 0.2) is 0 Å². The number of carbonyl (C=O) groups is 13. The van der Waals surface area contributed by atoms with Gasteiger partial charge < -0.3 is 93.7 Å². The van der Waals surface area contributed by atoms with E-state index in [1.165, 1.54) is 119 Å². The molecule has 0 aromatic heterocycles. The molecule has 0 heterocycles. The van der Waals surface area contributed by atoms with Crippen molar-refractivity contribution in [3.8, 4) is 17.2 Å². The topological polar surface area (TPSA) is 492 Å². The molecule has 0 aliphatic rings. The monoisotopic (exact) mass is 1500 g/mol. The number of phenolic OH excluding ortho intramolecular Hbond substituents is 3. The van der Waals surface area contributed by atoms with E-state index in [1.807, 2.05) is 34.6 Å². The maximum atomic E-state index is 12.5. The smallest absolute Gasteiger partial charge is 0.870 e. The zero-order valence-electron chi connectivity index (χ0n) is 58.5. The minimum Gasteiger partial charge on any atom is -0.870 e. The van der Waals surface area contributed by atoms with Crippen molar-refractivity contribution in [1.82, 2.24) is 53.2 Å². The third-order valence-corrected chi connectivity index (χ3v) is 13.7. The molecule has 16 N–H and O–H groups in total. The van der Waals surface area contributed by atoms with E-state index in [2.05, 4.69) is 57.9 Å². The van der Waals surface area contributed by atoms with Gasteiger partial charge in [0.25, 0.3) is 35.4 Å². The molecule has 0 bridgehead atoms. The molecule has 104 heavy (non-hydrogen) atoms. The predicted octanol–water partition coefficient (Wildman–Crippen LogP) is 2.97. The zero-order valence-corrected chi connectivity index (χ0v) is 60.8. The molecule has 6 rings (SSSR count). The number of hydrogen-bond acceptors (Lipinski definition) is 19. The van der Waals surface area contributed by atoms with Crippen LogP contribution in [-0.4, -0.2) is 166 Å². The molecule has 10 amide bonds.